The number of hydrogen-bond donors (Lipinski definition) is 0. The summed E-state index contributed by atoms with van der Waals surface area (Å²) < 4.78 is 6.56. The highest BCUT2D eigenvalue weighted by Gasteiger charge is 2.27. The number of benzene rings is 11. The van der Waals surface area contributed by atoms with Crippen molar-refractivity contribution in [1.29, 1.82) is 0 Å². The van der Waals surface area contributed by atoms with Gasteiger partial charge in [0.1, 0.15) is 23.2 Å². The van der Waals surface area contributed by atoms with Crippen LogP contribution in [0.3, 0.4) is 0 Å². The van der Waals surface area contributed by atoms with Crippen molar-refractivity contribution in [2.75, 3.05) is 7.05 Å². The lowest BCUT2D eigenvalue weighted by molar-refractivity contribution is 0.383. The number of furan rings is 1. The number of fused-ring (bicyclic) bond motifs is 7. The molecule has 1 aromatic heterocycles. The zero-order valence-corrected chi connectivity index (χ0v) is 36.2. The fourth-order valence-corrected chi connectivity index (χ4v) is 10.0. The van der Waals surface area contributed by atoms with Crippen LogP contribution in [0.15, 0.2) is 239 Å². The topological polar surface area (TPSA) is 41.1 Å². The molecule has 0 radical (unpaired) electrons. The number of hydrogen-bond acceptors (Lipinski definition) is 4. The van der Waals surface area contributed by atoms with Crippen molar-refractivity contribution in [3.05, 3.63) is 241 Å². The maximum Gasteiger partial charge on any atom is 0.159 e. The summed E-state index contributed by atoms with van der Waals surface area (Å²) in [5.41, 5.74) is 11.8. The zero-order chi connectivity index (χ0) is 43.7. The normalized spacial score (nSPS) is 14.1. The smallest absolute Gasteiger partial charge is 0.159 e. The van der Waals surface area contributed by atoms with Crippen molar-refractivity contribution in [3.8, 4) is 33.4 Å². The SMILES string of the molecule is CN1C(c2ccc3ccccc3c2)=NC(c2ccc3cc(-c4cc(-c5ccc6ccccc6c5)cc5oc6ccccc6c45)ccc3c2)=NC1c1ccc(-c2cccc3ccccc23)cc1. The summed E-state index contributed by atoms with van der Waals surface area (Å²) in [5.74, 6) is 1.59. The summed E-state index contributed by atoms with van der Waals surface area (Å²) >= 11 is 0. The van der Waals surface area contributed by atoms with E-state index >= 15 is 0 Å². The van der Waals surface area contributed by atoms with E-state index in [0.717, 1.165) is 77.5 Å². The Morgan fingerprint density at radius 1 is 0.379 bits per heavy atom. The first-order chi connectivity index (χ1) is 32.6. The summed E-state index contributed by atoms with van der Waals surface area (Å²) in [6, 6.07) is 80.6. The van der Waals surface area contributed by atoms with Crippen molar-refractivity contribution < 1.29 is 4.42 Å². The summed E-state index contributed by atoms with van der Waals surface area (Å²) in [6.07, 6.45) is -0.291. The Morgan fingerprint density at radius 3 is 1.70 bits per heavy atom. The van der Waals surface area contributed by atoms with E-state index in [-0.39, 0.29) is 6.17 Å². The first kappa shape index (κ1) is 37.9. The van der Waals surface area contributed by atoms with Crippen molar-refractivity contribution in [2.24, 2.45) is 9.98 Å². The van der Waals surface area contributed by atoms with Gasteiger partial charge in [0.05, 0.1) is 0 Å². The molecule has 0 saturated carbocycles. The molecule has 1 aliphatic heterocycles. The van der Waals surface area contributed by atoms with Gasteiger partial charge in [-0.3, -0.25) is 0 Å². The summed E-state index contributed by atoms with van der Waals surface area (Å²) in [4.78, 5) is 13.0. The molecule has 2 heterocycles. The molecule has 0 bridgehead atoms. The summed E-state index contributed by atoms with van der Waals surface area (Å²) in [5, 5.41) is 11.8. The van der Waals surface area contributed by atoms with E-state index in [0.29, 0.717) is 5.84 Å². The molecule has 1 atom stereocenters. The molecule has 66 heavy (non-hydrogen) atoms. The van der Waals surface area contributed by atoms with Crippen LogP contribution in [-0.4, -0.2) is 23.6 Å². The second-order valence-electron chi connectivity index (χ2n) is 17.4. The Bertz CT molecular complexity index is 3960. The quantitative estimate of drug-likeness (QED) is 0.167. The van der Waals surface area contributed by atoms with Crippen molar-refractivity contribution in [1.82, 2.24) is 4.90 Å². The molecule has 0 amide bonds. The van der Waals surface area contributed by atoms with Gasteiger partial charge in [0.2, 0.25) is 0 Å². The second kappa shape index (κ2) is 15.3. The molecular weight excluding hydrogens is 803 g/mol. The van der Waals surface area contributed by atoms with Crippen LogP contribution in [0.25, 0.3) is 98.4 Å². The Hall–Kier alpha value is -8.60. The predicted octanol–water partition coefficient (Wildman–Crippen LogP) is 16.0. The second-order valence-corrected chi connectivity index (χ2v) is 17.4. The van der Waals surface area contributed by atoms with Crippen molar-refractivity contribution in [3.63, 3.8) is 0 Å². The van der Waals surface area contributed by atoms with Crippen LogP contribution in [0.2, 0.25) is 0 Å². The highest BCUT2D eigenvalue weighted by atomic mass is 16.3. The molecule has 0 N–H and O–H groups in total. The molecule has 1 unspecified atom stereocenters. The van der Waals surface area contributed by atoms with Gasteiger partial charge in [-0.05, 0) is 124 Å². The van der Waals surface area contributed by atoms with Gasteiger partial charge in [0.15, 0.2) is 5.84 Å². The lowest BCUT2D eigenvalue weighted by atomic mass is 9.92. The van der Waals surface area contributed by atoms with Crippen LogP contribution in [-0.2, 0) is 0 Å². The summed E-state index contributed by atoms with van der Waals surface area (Å²) in [6.45, 7) is 0. The molecule has 12 aromatic rings. The van der Waals surface area contributed by atoms with E-state index in [2.05, 4.69) is 230 Å². The Kier molecular flexibility index (Phi) is 8.78. The third-order valence-corrected chi connectivity index (χ3v) is 13.4. The maximum absolute atomic E-state index is 6.56. The molecule has 13 rings (SSSR count). The highest BCUT2D eigenvalue weighted by Crippen LogP contribution is 2.42. The number of amidine groups is 2. The molecule has 310 valence electrons. The maximum atomic E-state index is 6.56. The standard InChI is InChI=1S/C62H41N3O/c1-65-61(43-25-23-42(24-26-43)54-19-10-16-41-13-6-7-17-53(41)54)63-60(64-62(65)51-32-22-40-12-3-5-15-45(40)36-51)50-31-29-46-34-49(30-28-47(46)35-50)56-37-52(48-27-21-39-11-2-4-14-44(39)33-48)38-58-59(56)55-18-8-9-20-57(55)66-58/h2-38,61H,1H3. The molecule has 4 heteroatoms. The Labute approximate surface area is 382 Å². The fraction of sp³-hybridized carbons (Fsp3) is 0.0323. The van der Waals surface area contributed by atoms with E-state index in [4.69, 9.17) is 14.4 Å². The molecule has 1 aliphatic rings. The molecule has 0 aliphatic carbocycles. The van der Waals surface area contributed by atoms with Gasteiger partial charge in [-0.1, -0.05) is 182 Å². The van der Waals surface area contributed by atoms with Gasteiger partial charge in [-0.15, -0.1) is 0 Å². The number of nitrogens with zero attached hydrogens (tertiary/aromatic N) is 3. The lowest BCUT2D eigenvalue weighted by Gasteiger charge is -2.32. The monoisotopic (exact) mass is 843 g/mol. The van der Waals surface area contributed by atoms with Crippen LogP contribution in [0, 0.1) is 0 Å². The summed E-state index contributed by atoms with van der Waals surface area (Å²) in [7, 11) is 2.11. The Morgan fingerprint density at radius 2 is 0.924 bits per heavy atom. The predicted molar refractivity (Wildman–Crippen MR) is 277 cm³/mol. The third kappa shape index (κ3) is 6.45. The van der Waals surface area contributed by atoms with Crippen LogP contribution in [0.1, 0.15) is 22.9 Å². The average molecular weight is 844 g/mol. The van der Waals surface area contributed by atoms with Crippen LogP contribution in [0.4, 0.5) is 0 Å². The van der Waals surface area contributed by atoms with Gasteiger partial charge in [-0.25, -0.2) is 9.98 Å². The minimum Gasteiger partial charge on any atom is -0.456 e. The van der Waals surface area contributed by atoms with Gasteiger partial charge >= 0.3 is 0 Å². The number of para-hydroxylation sites is 1. The van der Waals surface area contributed by atoms with E-state index in [1.165, 1.54) is 43.4 Å². The minimum absolute atomic E-state index is 0.291. The van der Waals surface area contributed by atoms with Gasteiger partial charge in [0.25, 0.3) is 0 Å². The van der Waals surface area contributed by atoms with Gasteiger partial charge in [0, 0.05) is 28.9 Å². The van der Waals surface area contributed by atoms with Crippen LogP contribution >= 0.6 is 0 Å². The molecule has 0 fully saturated rings. The van der Waals surface area contributed by atoms with Crippen LogP contribution in [0.5, 0.6) is 0 Å². The molecule has 0 spiro atoms. The first-order valence-electron chi connectivity index (χ1n) is 22.5. The fourth-order valence-electron chi connectivity index (χ4n) is 10.0. The number of aliphatic imine (C=N–C) groups is 2. The third-order valence-electron chi connectivity index (χ3n) is 13.4. The first-order valence-corrected chi connectivity index (χ1v) is 22.5. The largest absolute Gasteiger partial charge is 0.456 e. The average Bonchev–Trinajstić information content (AvgIpc) is 3.76. The highest BCUT2D eigenvalue weighted by molar-refractivity contribution is 6.16. The van der Waals surface area contributed by atoms with Gasteiger partial charge < -0.3 is 9.32 Å². The van der Waals surface area contributed by atoms with Crippen LogP contribution < -0.4 is 0 Å². The van der Waals surface area contributed by atoms with E-state index in [1.807, 2.05) is 6.07 Å². The van der Waals surface area contributed by atoms with E-state index in [9.17, 15) is 0 Å². The Balaban J connectivity index is 0.912. The van der Waals surface area contributed by atoms with Gasteiger partial charge in [-0.2, -0.15) is 0 Å². The minimum atomic E-state index is -0.291. The zero-order valence-electron chi connectivity index (χ0n) is 36.2. The van der Waals surface area contributed by atoms with E-state index in [1.54, 1.807) is 0 Å². The molecule has 11 aromatic carbocycles. The molecular formula is C62H41N3O. The van der Waals surface area contributed by atoms with Crippen molar-refractivity contribution in [2.45, 2.75) is 6.17 Å². The van der Waals surface area contributed by atoms with Crippen molar-refractivity contribution >= 4 is 76.7 Å². The van der Waals surface area contributed by atoms with E-state index < -0.39 is 0 Å². The number of rotatable bonds is 6. The molecule has 0 saturated heterocycles. The molecule has 4 nitrogen and oxygen atoms in total. The lowest BCUT2D eigenvalue weighted by Crippen LogP contribution is -2.35.